The number of aromatic carboxylic acids is 1. The van der Waals surface area contributed by atoms with Crippen molar-refractivity contribution in [1.29, 1.82) is 0 Å². The second-order valence-corrected chi connectivity index (χ2v) is 12.6. The van der Waals surface area contributed by atoms with Crippen molar-refractivity contribution in [3.05, 3.63) is 65.7 Å². The van der Waals surface area contributed by atoms with Crippen molar-refractivity contribution >= 4 is 20.7 Å². The van der Waals surface area contributed by atoms with E-state index in [1.165, 1.54) is 5.56 Å². The minimum Gasteiger partial charge on any atom is -0.478 e. The van der Waals surface area contributed by atoms with Gasteiger partial charge in [0.15, 0.2) is 9.04 Å². The van der Waals surface area contributed by atoms with E-state index in [2.05, 4.69) is 75.0 Å². The SMILES string of the molecule is CN(c1ccc(C(=O)O)cc1)C(CN1CCC(C(C)(C)C)C1O[SiH](C)C)c1ccccc1. The third kappa shape index (κ3) is 5.80. The van der Waals surface area contributed by atoms with Gasteiger partial charge in [0, 0.05) is 31.7 Å². The fourth-order valence-electron chi connectivity index (χ4n) is 4.71. The Morgan fingerprint density at radius 3 is 2.31 bits per heavy atom. The molecule has 1 fully saturated rings. The van der Waals surface area contributed by atoms with E-state index >= 15 is 0 Å². The topological polar surface area (TPSA) is 53.0 Å². The maximum atomic E-state index is 11.3. The molecule has 0 aromatic heterocycles. The molecule has 1 heterocycles. The molecule has 0 amide bonds. The van der Waals surface area contributed by atoms with Crippen molar-refractivity contribution in [2.75, 3.05) is 25.0 Å². The second-order valence-electron chi connectivity index (χ2n) is 10.2. The smallest absolute Gasteiger partial charge is 0.335 e. The number of hydrogen-bond acceptors (Lipinski definition) is 4. The minimum atomic E-state index is -1.20. The number of likely N-dealkylation sites (tertiary alicyclic amines) is 1. The van der Waals surface area contributed by atoms with Gasteiger partial charge in [0.25, 0.3) is 0 Å². The summed E-state index contributed by atoms with van der Waals surface area (Å²) in [5, 5.41) is 9.25. The standard InChI is InChI=1S/C26H38N2O3Si/c1-26(2,3)22-16-17-28(24(22)31-32(5)6)18-23(19-10-8-7-9-11-19)27(4)21-14-12-20(13-15-21)25(29)30/h7-15,22-24,32H,16-18H2,1-6H3,(H,29,30). The summed E-state index contributed by atoms with van der Waals surface area (Å²) in [5.41, 5.74) is 2.76. The number of carboxylic acids is 1. The van der Waals surface area contributed by atoms with E-state index in [4.69, 9.17) is 4.43 Å². The fraction of sp³-hybridized carbons (Fsp3) is 0.500. The predicted molar refractivity (Wildman–Crippen MR) is 134 cm³/mol. The average Bonchev–Trinajstić information content (AvgIpc) is 3.14. The number of nitrogens with zero attached hydrogens (tertiary/aromatic N) is 2. The molecule has 1 aliphatic heterocycles. The van der Waals surface area contributed by atoms with E-state index in [0.29, 0.717) is 11.5 Å². The summed E-state index contributed by atoms with van der Waals surface area (Å²) in [5.74, 6) is -0.393. The van der Waals surface area contributed by atoms with Crippen molar-refractivity contribution in [1.82, 2.24) is 4.90 Å². The van der Waals surface area contributed by atoms with Gasteiger partial charge in [-0.1, -0.05) is 51.1 Å². The second kappa shape index (κ2) is 10.2. The first-order chi connectivity index (χ1) is 15.1. The average molecular weight is 455 g/mol. The first kappa shape index (κ1) is 24.5. The highest BCUT2D eigenvalue weighted by molar-refractivity contribution is 6.48. The Morgan fingerprint density at radius 2 is 1.78 bits per heavy atom. The number of hydrogen-bond donors (Lipinski definition) is 1. The van der Waals surface area contributed by atoms with Gasteiger partial charge in [-0.3, -0.25) is 4.90 Å². The summed E-state index contributed by atoms with van der Waals surface area (Å²) in [6, 6.07) is 17.9. The Labute approximate surface area is 194 Å². The minimum absolute atomic E-state index is 0.130. The maximum absolute atomic E-state index is 11.3. The molecule has 3 unspecified atom stereocenters. The van der Waals surface area contributed by atoms with Gasteiger partial charge in [0.2, 0.25) is 0 Å². The summed E-state index contributed by atoms with van der Waals surface area (Å²) in [4.78, 5) is 16.1. The van der Waals surface area contributed by atoms with E-state index in [0.717, 1.165) is 25.2 Å². The lowest BCUT2D eigenvalue weighted by Gasteiger charge is -2.39. The first-order valence-electron chi connectivity index (χ1n) is 11.6. The van der Waals surface area contributed by atoms with Gasteiger partial charge < -0.3 is 14.4 Å². The maximum Gasteiger partial charge on any atom is 0.335 e. The zero-order valence-electron chi connectivity index (χ0n) is 20.3. The third-order valence-electron chi connectivity index (χ3n) is 6.54. The van der Waals surface area contributed by atoms with Crippen molar-refractivity contribution in [3.8, 4) is 0 Å². The number of benzene rings is 2. The van der Waals surface area contributed by atoms with Gasteiger partial charge in [-0.25, -0.2) is 4.79 Å². The van der Waals surface area contributed by atoms with Crippen LogP contribution in [0.3, 0.4) is 0 Å². The van der Waals surface area contributed by atoms with Crippen molar-refractivity contribution in [3.63, 3.8) is 0 Å². The highest BCUT2D eigenvalue weighted by Crippen LogP contribution is 2.40. The van der Waals surface area contributed by atoms with E-state index < -0.39 is 15.0 Å². The molecular formula is C26H38N2O3Si. The van der Waals surface area contributed by atoms with Crippen LogP contribution < -0.4 is 4.90 Å². The molecule has 0 saturated carbocycles. The fourth-order valence-corrected chi connectivity index (χ4v) is 5.63. The van der Waals surface area contributed by atoms with Crippen molar-refractivity contribution in [2.24, 2.45) is 11.3 Å². The highest BCUT2D eigenvalue weighted by Gasteiger charge is 2.42. The van der Waals surface area contributed by atoms with Crippen molar-refractivity contribution in [2.45, 2.75) is 52.6 Å². The quantitative estimate of drug-likeness (QED) is 0.552. The van der Waals surface area contributed by atoms with Crippen LogP contribution in [0.5, 0.6) is 0 Å². The molecular weight excluding hydrogens is 416 g/mol. The van der Waals surface area contributed by atoms with Crippen molar-refractivity contribution < 1.29 is 14.3 Å². The summed E-state index contributed by atoms with van der Waals surface area (Å²) >= 11 is 0. The molecule has 1 saturated heterocycles. The Kier molecular flexibility index (Phi) is 7.80. The molecule has 6 heteroatoms. The van der Waals surface area contributed by atoms with E-state index in [-0.39, 0.29) is 17.7 Å². The van der Waals surface area contributed by atoms with Gasteiger partial charge in [-0.2, -0.15) is 0 Å². The van der Waals surface area contributed by atoms with Crippen LogP contribution in [0.1, 0.15) is 49.2 Å². The van der Waals surface area contributed by atoms with E-state index in [1.807, 2.05) is 18.2 Å². The summed E-state index contributed by atoms with van der Waals surface area (Å²) in [6.07, 6.45) is 1.30. The van der Waals surface area contributed by atoms with Crippen LogP contribution >= 0.6 is 0 Å². The van der Waals surface area contributed by atoms with Crippen LogP contribution in [0, 0.1) is 11.3 Å². The van der Waals surface area contributed by atoms with Crippen LogP contribution in [-0.2, 0) is 4.43 Å². The molecule has 0 aliphatic carbocycles. The Morgan fingerprint density at radius 1 is 1.16 bits per heavy atom. The molecule has 2 aromatic rings. The van der Waals surface area contributed by atoms with Gasteiger partial charge in [-0.05, 0) is 54.8 Å². The van der Waals surface area contributed by atoms with Crippen LogP contribution in [-0.4, -0.2) is 51.4 Å². The number of rotatable bonds is 8. The van der Waals surface area contributed by atoms with Gasteiger partial charge in [-0.15, -0.1) is 0 Å². The number of carbonyl (C=O) groups is 1. The molecule has 174 valence electrons. The summed E-state index contributed by atoms with van der Waals surface area (Å²) < 4.78 is 6.61. The Hall–Kier alpha value is -2.15. The lowest BCUT2D eigenvalue weighted by atomic mass is 9.79. The highest BCUT2D eigenvalue weighted by atomic mass is 28.3. The van der Waals surface area contributed by atoms with Gasteiger partial charge in [0.05, 0.1) is 11.6 Å². The molecule has 32 heavy (non-hydrogen) atoms. The molecule has 1 aliphatic rings. The molecule has 1 N–H and O–H groups in total. The zero-order valence-corrected chi connectivity index (χ0v) is 21.4. The normalized spacial score (nSPS) is 20.5. The first-order valence-corrected chi connectivity index (χ1v) is 14.4. The summed E-state index contributed by atoms with van der Waals surface area (Å²) in [6.45, 7) is 13.4. The molecule has 0 bridgehead atoms. The van der Waals surface area contributed by atoms with Gasteiger partial charge in [0.1, 0.15) is 6.23 Å². The number of carboxylic acid groups (broad SMARTS) is 1. The molecule has 0 radical (unpaired) electrons. The predicted octanol–water partition coefficient (Wildman–Crippen LogP) is 5.26. The third-order valence-corrected chi connectivity index (χ3v) is 7.36. The van der Waals surface area contributed by atoms with Crippen LogP contribution in [0.15, 0.2) is 54.6 Å². The van der Waals surface area contributed by atoms with Crippen LogP contribution in [0.4, 0.5) is 5.69 Å². The Bertz CT molecular complexity index is 880. The lowest BCUT2D eigenvalue weighted by molar-refractivity contribution is -0.00814. The monoisotopic (exact) mass is 454 g/mol. The van der Waals surface area contributed by atoms with Gasteiger partial charge >= 0.3 is 5.97 Å². The Balaban J connectivity index is 1.90. The van der Waals surface area contributed by atoms with E-state index in [9.17, 15) is 9.90 Å². The zero-order chi connectivity index (χ0) is 23.5. The molecule has 2 aromatic carbocycles. The molecule has 3 rings (SSSR count). The molecule has 3 atom stereocenters. The van der Waals surface area contributed by atoms with E-state index in [1.54, 1.807) is 12.1 Å². The lowest BCUT2D eigenvalue weighted by Crippen LogP contribution is -2.45. The number of likely N-dealkylation sites (N-methyl/N-ethyl adjacent to an activating group) is 1. The van der Waals surface area contributed by atoms with Crippen LogP contribution in [0.2, 0.25) is 13.1 Å². The molecule has 0 spiro atoms. The summed E-state index contributed by atoms with van der Waals surface area (Å²) in [7, 11) is 0.893. The van der Waals surface area contributed by atoms with Crippen LogP contribution in [0.25, 0.3) is 0 Å². The largest absolute Gasteiger partial charge is 0.478 e. The number of anilines is 1. The molecule has 5 nitrogen and oxygen atoms in total.